The summed E-state index contributed by atoms with van der Waals surface area (Å²) >= 11 is 7.39. The van der Waals surface area contributed by atoms with Gasteiger partial charge in [-0.25, -0.2) is 0 Å². The number of esters is 1. The second-order valence-corrected chi connectivity index (χ2v) is 7.11. The van der Waals surface area contributed by atoms with Gasteiger partial charge >= 0.3 is 5.97 Å². The zero-order valence-corrected chi connectivity index (χ0v) is 14.7. The zero-order valence-electron chi connectivity index (χ0n) is 13.1. The third-order valence-corrected chi connectivity index (χ3v) is 4.97. The molecule has 0 radical (unpaired) electrons. The number of hydrogen-bond donors (Lipinski definition) is 0. The van der Waals surface area contributed by atoms with Gasteiger partial charge in [-0.1, -0.05) is 24.4 Å². The molecule has 0 bridgehead atoms. The molecule has 1 heterocycles. The Morgan fingerprint density at radius 2 is 1.74 bits per heavy atom. The average Bonchev–Trinajstić information content (AvgIpc) is 2.84. The number of halogens is 1. The molecule has 0 N–H and O–H groups in total. The van der Waals surface area contributed by atoms with Crippen LogP contribution in [0.5, 0.6) is 0 Å². The van der Waals surface area contributed by atoms with Crippen LogP contribution in [0, 0.1) is 0 Å². The van der Waals surface area contributed by atoms with Crippen molar-refractivity contribution in [1.29, 1.82) is 0 Å². The third-order valence-electron chi connectivity index (χ3n) is 3.70. The second kappa shape index (κ2) is 9.83. The van der Waals surface area contributed by atoms with E-state index in [1.54, 1.807) is 11.8 Å². The van der Waals surface area contributed by atoms with Crippen molar-refractivity contribution in [3.05, 3.63) is 29.3 Å². The molecule has 4 nitrogen and oxygen atoms in total. The normalized spacial score (nSPS) is 15.1. The topological polar surface area (TPSA) is 46.6 Å². The van der Waals surface area contributed by atoms with Gasteiger partial charge < -0.3 is 9.64 Å². The summed E-state index contributed by atoms with van der Waals surface area (Å²) in [5.41, 5.74) is 0. The first-order valence-electron chi connectivity index (χ1n) is 7.97. The van der Waals surface area contributed by atoms with Gasteiger partial charge in [-0.2, -0.15) is 0 Å². The van der Waals surface area contributed by atoms with E-state index in [1.165, 1.54) is 12.8 Å². The van der Waals surface area contributed by atoms with Crippen LogP contribution in [-0.2, 0) is 14.3 Å². The molecule has 0 aliphatic carbocycles. The molecule has 1 aromatic rings. The highest BCUT2D eigenvalue weighted by Gasteiger charge is 2.17. The summed E-state index contributed by atoms with van der Waals surface area (Å²) in [5.74, 6) is 0.221. The van der Waals surface area contributed by atoms with Crippen LogP contribution in [0.1, 0.15) is 32.1 Å². The van der Waals surface area contributed by atoms with E-state index >= 15 is 0 Å². The van der Waals surface area contributed by atoms with Crippen LogP contribution in [0.15, 0.2) is 29.2 Å². The summed E-state index contributed by atoms with van der Waals surface area (Å²) in [6, 6.07) is 7.48. The Labute approximate surface area is 146 Å². The maximum absolute atomic E-state index is 12.0. The largest absolute Gasteiger partial charge is 0.456 e. The number of ether oxygens (including phenoxy) is 1. The maximum Gasteiger partial charge on any atom is 0.307 e. The SMILES string of the molecule is O=C(CCSc1ccc(Cl)cc1)OCC(=O)N1CCCCCC1. The molecule has 1 amide bonds. The van der Waals surface area contributed by atoms with Gasteiger partial charge in [0.1, 0.15) is 0 Å². The Hall–Kier alpha value is -1.20. The molecule has 1 aromatic carbocycles. The van der Waals surface area contributed by atoms with Gasteiger partial charge in [-0.15, -0.1) is 11.8 Å². The van der Waals surface area contributed by atoms with Crippen molar-refractivity contribution in [2.24, 2.45) is 0 Å². The minimum absolute atomic E-state index is 0.0781. The molecule has 0 spiro atoms. The Bertz CT molecular complexity index is 513. The van der Waals surface area contributed by atoms with E-state index < -0.39 is 0 Å². The number of amides is 1. The van der Waals surface area contributed by atoms with E-state index in [-0.39, 0.29) is 18.5 Å². The molecule has 6 heteroatoms. The van der Waals surface area contributed by atoms with Crippen molar-refractivity contribution in [3.8, 4) is 0 Å². The lowest BCUT2D eigenvalue weighted by atomic mass is 10.2. The smallest absolute Gasteiger partial charge is 0.307 e. The first kappa shape index (κ1) is 18.1. The highest BCUT2D eigenvalue weighted by atomic mass is 35.5. The summed E-state index contributed by atoms with van der Waals surface area (Å²) in [6.45, 7) is 1.43. The van der Waals surface area contributed by atoms with Gasteiger partial charge in [0, 0.05) is 28.8 Å². The Balaban J connectivity index is 1.62. The lowest BCUT2D eigenvalue weighted by Gasteiger charge is -2.19. The van der Waals surface area contributed by atoms with Gasteiger partial charge in [0.25, 0.3) is 5.91 Å². The Morgan fingerprint density at radius 1 is 1.09 bits per heavy atom. The zero-order chi connectivity index (χ0) is 16.5. The third kappa shape index (κ3) is 6.83. The maximum atomic E-state index is 12.0. The number of hydrogen-bond acceptors (Lipinski definition) is 4. The highest BCUT2D eigenvalue weighted by Crippen LogP contribution is 2.21. The number of thioether (sulfide) groups is 1. The van der Waals surface area contributed by atoms with Gasteiger partial charge in [-0.3, -0.25) is 9.59 Å². The minimum atomic E-state index is -0.324. The van der Waals surface area contributed by atoms with Crippen LogP contribution in [0.3, 0.4) is 0 Å². The second-order valence-electron chi connectivity index (χ2n) is 5.51. The Morgan fingerprint density at radius 3 is 2.39 bits per heavy atom. The average molecular weight is 356 g/mol. The van der Waals surface area contributed by atoms with Crippen molar-refractivity contribution < 1.29 is 14.3 Å². The fraction of sp³-hybridized carbons (Fsp3) is 0.529. The van der Waals surface area contributed by atoms with Gasteiger partial charge in [0.05, 0.1) is 6.42 Å². The predicted molar refractivity (Wildman–Crippen MR) is 92.8 cm³/mol. The van der Waals surface area contributed by atoms with E-state index in [2.05, 4.69) is 0 Å². The molecule has 0 saturated carbocycles. The minimum Gasteiger partial charge on any atom is -0.456 e. The molecule has 1 saturated heterocycles. The molecule has 0 aromatic heterocycles. The number of likely N-dealkylation sites (tertiary alicyclic amines) is 1. The van der Waals surface area contributed by atoms with Gasteiger partial charge in [0.15, 0.2) is 6.61 Å². The van der Waals surface area contributed by atoms with Crippen LogP contribution in [-0.4, -0.2) is 42.2 Å². The molecule has 2 rings (SSSR count). The quantitative estimate of drug-likeness (QED) is 0.575. The number of benzene rings is 1. The summed E-state index contributed by atoms with van der Waals surface area (Å²) in [4.78, 5) is 26.6. The molecular formula is C17H22ClNO3S. The van der Waals surface area contributed by atoms with Crippen LogP contribution in [0.25, 0.3) is 0 Å². The van der Waals surface area contributed by atoms with Crippen molar-refractivity contribution in [1.82, 2.24) is 4.90 Å². The molecule has 1 aliphatic heterocycles. The predicted octanol–water partition coefficient (Wildman–Crippen LogP) is 3.77. The van der Waals surface area contributed by atoms with Crippen LogP contribution >= 0.6 is 23.4 Å². The van der Waals surface area contributed by atoms with Crippen LogP contribution < -0.4 is 0 Å². The number of rotatable bonds is 6. The van der Waals surface area contributed by atoms with E-state index in [4.69, 9.17) is 16.3 Å². The number of nitrogens with zero attached hydrogens (tertiary/aromatic N) is 1. The van der Waals surface area contributed by atoms with Gasteiger partial charge in [-0.05, 0) is 37.1 Å². The van der Waals surface area contributed by atoms with Crippen molar-refractivity contribution in [3.63, 3.8) is 0 Å². The molecule has 1 aliphatic rings. The van der Waals surface area contributed by atoms with Crippen LogP contribution in [0.2, 0.25) is 5.02 Å². The summed E-state index contributed by atoms with van der Waals surface area (Å²) in [7, 11) is 0. The summed E-state index contributed by atoms with van der Waals surface area (Å²) < 4.78 is 5.09. The molecule has 0 unspecified atom stereocenters. The molecule has 0 atom stereocenters. The van der Waals surface area contributed by atoms with E-state index in [1.807, 2.05) is 29.2 Å². The summed E-state index contributed by atoms with van der Waals surface area (Å²) in [5, 5.41) is 0.695. The van der Waals surface area contributed by atoms with E-state index in [0.29, 0.717) is 17.2 Å². The molecule has 126 valence electrons. The lowest BCUT2D eigenvalue weighted by Crippen LogP contribution is -2.35. The monoisotopic (exact) mass is 355 g/mol. The first-order chi connectivity index (χ1) is 11.1. The summed E-state index contributed by atoms with van der Waals surface area (Å²) in [6.07, 6.45) is 4.71. The van der Waals surface area contributed by atoms with Crippen molar-refractivity contribution in [2.45, 2.75) is 37.0 Å². The van der Waals surface area contributed by atoms with Crippen LogP contribution in [0.4, 0.5) is 0 Å². The van der Waals surface area contributed by atoms with E-state index in [0.717, 1.165) is 30.8 Å². The molecule has 1 fully saturated rings. The number of carbonyl (C=O) groups excluding carboxylic acids is 2. The number of carbonyl (C=O) groups is 2. The van der Waals surface area contributed by atoms with Crippen molar-refractivity contribution in [2.75, 3.05) is 25.4 Å². The van der Waals surface area contributed by atoms with Crippen molar-refractivity contribution >= 4 is 35.2 Å². The standard InChI is InChI=1S/C17H22ClNO3S/c18-14-5-7-15(8-6-14)23-12-9-17(21)22-13-16(20)19-10-3-1-2-4-11-19/h5-8H,1-4,9-13H2. The van der Waals surface area contributed by atoms with E-state index in [9.17, 15) is 9.59 Å². The molecule has 23 heavy (non-hydrogen) atoms. The highest BCUT2D eigenvalue weighted by molar-refractivity contribution is 7.99. The Kier molecular flexibility index (Phi) is 7.76. The fourth-order valence-corrected chi connectivity index (χ4v) is 3.37. The fourth-order valence-electron chi connectivity index (χ4n) is 2.41. The lowest BCUT2D eigenvalue weighted by molar-refractivity contribution is -0.151. The molecular weight excluding hydrogens is 334 g/mol. The first-order valence-corrected chi connectivity index (χ1v) is 9.33. The van der Waals surface area contributed by atoms with Gasteiger partial charge in [0.2, 0.25) is 0 Å².